The molecule has 0 N–H and O–H groups in total. The molecule has 3 heterocycles. The standard InChI is InChI=1S/C22H16FN3O/c23-21-20(13-16(14-25-21)8-9-19-7-3-4-11-24-19)22(27)26-12-10-17-5-1-2-6-18(17)15-26/h1-7,11,13-14H,10,12,15H2. The Labute approximate surface area is 156 Å². The summed E-state index contributed by atoms with van der Waals surface area (Å²) in [6.45, 7) is 1.03. The van der Waals surface area contributed by atoms with Gasteiger partial charge in [0.15, 0.2) is 0 Å². The van der Waals surface area contributed by atoms with E-state index < -0.39 is 5.95 Å². The van der Waals surface area contributed by atoms with Crippen molar-refractivity contribution in [2.75, 3.05) is 6.54 Å². The lowest BCUT2D eigenvalue weighted by Crippen LogP contribution is -2.36. The lowest BCUT2D eigenvalue weighted by Gasteiger charge is -2.28. The first-order valence-electron chi connectivity index (χ1n) is 8.65. The third kappa shape index (κ3) is 3.70. The van der Waals surface area contributed by atoms with E-state index in [0.29, 0.717) is 24.3 Å². The fourth-order valence-corrected chi connectivity index (χ4v) is 3.08. The zero-order valence-corrected chi connectivity index (χ0v) is 14.5. The van der Waals surface area contributed by atoms with Crippen molar-refractivity contribution in [3.05, 3.63) is 94.8 Å². The molecule has 4 nitrogen and oxygen atoms in total. The molecule has 1 aliphatic rings. The van der Waals surface area contributed by atoms with Crippen LogP contribution in [0.25, 0.3) is 0 Å². The van der Waals surface area contributed by atoms with E-state index in [4.69, 9.17) is 0 Å². The number of carbonyl (C=O) groups excluding carboxylic acids is 1. The number of rotatable bonds is 1. The smallest absolute Gasteiger partial charge is 0.258 e. The van der Waals surface area contributed by atoms with E-state index in [1.807, 2.05) is 24.3 Å². The Balaban J connectivity index is 1.59. The number of hydrogen-bond donors (Lipinski definition) is 0. The maximum Gasteiger partial charge on any atom is 0.258 e. The van der Waals surface area contributed by atoms with E-state index >= 15 is 0 Å². The van der Waals surface area contributed by atoms with Crippen LogP contribution >= 0.6 is 0 Å². The zero-order valence-electron chi connectivity index (χ0n) is 14.5. The highest BCUT2D eigenvalue weighted by atomic mass is 19.1. The van der Waals surface area contributed by atoms with E-state index in [9.17, 15) is 9.18 Å². The summed E-state index contributed by atoms with van der Waals surface area (Å²) in [5, 5.41) is 0. The average Bonchev–Trinajstić information content (AvgIpc) is 2.73. The molecule has 132 valence electrons. The Morgan fingerprint density at radius 2 is 1.85 bits per heavy atom. The van der Waals surface area contributed by atoms with E-state index in [1.165, 1.54) is 17.8 Å². The first-order chi connectivity index (χ1) is 13.2. The van der Waals surface area contributed by atoms with Crippen LogP contribution in [0, 0.1) is 17.8 Å². The normalized spacial score (nSPS) is 12.7. The molecule has 27 heavy (non-hydrogen) atoms. The summed E-state index contributed by atoms with van der Waals surface area (Å²) in [6, 6.07) is 14.9. The second-order valence-corrected chi connectivity index (χ2v) is 6.27. The van der Waals surface area contributed by atoms with Crippen LogP contribution < -0.4 is 0 Å². The number of aromatic nitrogens is 2. The van der Waals surface area contributed by atoms with Crippen molar-refractivity contribution >= 4 is 5.91 Å². The van der Waals surface area contributed by atoms with Gasteiger partial charge >= 0.3 is 0 Å². The molecule has 0 saturated carbocycles. The molecule has 3 aromatic rings. The van der Waals surface area contributed by atoms with Crippen molar-refractivity contribution in [1.29, 1.82) is 0 Å². The summed E-state index contributed by atoms with van der Waals surface area (Å²) in [5.74, 6) is 4.64. The molecule has 5 heteroatoms. The minimum absolute atomic E-state index is 0.0535. The number of pyridine rings is 2. The topological polar surface area (TPSA) is 46.1 Å². The van der Waals surface area contributed by atoms with Crippen LogP contribution in [-0.4, -0.2) is 27.3 Å². The third-order valence-electron chi connectivity index (χ3n) is 4.49. The van der Waals surface area contributed by atoms with Crippen molar-refractivity contribution in [2.24, 2.45) is 0 Å². The number of fused-ring (bicyclic) bond motifs is 1. The van der Waals surface area contributed by atoms with E-state index in [2.05, 4.69) is 27.9 Å². The van der Waals surface area contributed by atoms with E-state index in [0.717, 1.165) is 12.0 Å². The molecule has 0 atom stereocenters. The Bertz CT molecular complexity index is 1050. The van der Waals surface area contributed by atoms with Gasteiger partial charge in [0, 0.05) is 31.0 Å². The lowest BCUT2D eigenvalue weighted by molar-refractivity contribution is 0.0729. The Kier molecular flexibility index (Phi) is 4.63. The molecule has 0 radical (unpaired) electrons. The van der Waals surface area contributed by atoms with Gasteiger partial charge in [0.1, 0.15) is 5.69 Å². The van der Waals surface area contributed by atoms with Crippen LogP contribution in [0.15, 0.2) is 60.9 Å². The Morgan fingerprint density at radius 3 is 2.67 bits per heavy atom. The zero-order chi connectivity index (χ0) is 18.6. The minimum atomic E-state index is -0.776. The van der Waals surface area contributed by atoms with Crippen molar-refractivity contribution in [2.45, 2.75) is 13.0 Å². The van der Waals surface area contributed by atoms with Crippen LogP contribution in [0.3, 0.4) is 0 Å². The van der Waals surface area contributed by atoms with Gasteiger partial charge in [-0.1, -0.05) is 36.3 Å². The number of benzene rings is 1. The van der Waals surface area contributed by atoms with Gasteiger partial charge in [0.2, 0.25) is 5.95 Å². The second kappa shape index (κ2) is 7.38. The Morgan fingerprint density at radius 1 is 1.04 bits per heavy atom. The van der Waals surface area contributed by atoms with Gasteiger partial charge < -0.3 is 4.90 Å². The van der Waals surface area contributed by atoms with Gasteiger partial charge in [-0.05, 0) is 41.7 Å². The molecule has 1 aliphatic heterocycles. The maximum atomic E-state index is 14.2. The monoisotopic (exact) mass is 357 g/mol. The summed E-state index contributed by atoms with van der Waals surface area (Å²) >= 11 is 0. The predicted octanol–water partition coefficient (Wildman–Crippen LogP) is 3.21. The quantitative estimate of drug-likeness (QED) is 0.496. The molecule has 1 amide bonds. The first kappa shape index (κ1) is 16.9. The second-order valence-electron chi connectivity index (χ2n) is 6.27. The number of nitrogens with zero attached hydrogens (tertiary/aromatic N) is 3. The molecule has 0 spiro atoms. The summed E-state index contributed by atoms with van der Waals surface area (Å²) in [7, 11) is 0. The fourth-order valence-electron chi connectivity index (χ4n) is 3.08. The van der Waals surface area contributed by atoms with Crippen LogP contribution in [0.4, 0.5) is 4.39 Å². The van der Waals surface area contributed by atoms with Crippen molar-refractivity contribution in [3.63, 3.8) is 0 Å². The van der Waals surface area contributed by atoms with Gasteiger partial charge in [-0.2, -0.15) is 4.39 Å². The van der Waals surface area contributed by atoms with Crippen LogP contribution in [0.5, 0.6) is 0 Å². The highest BCUT2D eigenvalue weighted by molar-refractivity contribution is 5.94. The van der Waals surface area contributed by atoms with Crippen molar-refractivity contribution < 1.29 is 9.18 Å². The Hall–Kier alpha value is -3.52. The van der Waals surface area contributed by atoms with Crippen LogP contribution in [-0.2, 0) is 13.0 Å². The van der Waals surface area contributed by atoms with Gasteiger partial charge in [-0.3, -0.25) is 4.79 Å². The molecule has 0 aliphatic carbocycles. The molecule has 4 rings (SSSR count). The highest BCUT2D eigenvalue weighted by Crippen LogP contribution is 2.21. The van der Waals surface area contributed by atoms with Gasteiger partial charge in [-0.25, -0.2) is 9.97 Å². The average molecular weight is 357 g/mol. The number of amides is 1. The van der Waals surface area contributed by atoms with Gasteiger partial charge in [0.05, 0.1) is 5.56 Å². The predicted molar refractivity (Wildman–Crippen MR) is 99.3 cm³/mol. The molecular weight excluding hydrogens is 341 g/mol. The molecule has 2 aromatic heterocycles. The van der Waals surface area contributed by atoms with Crippen molar-refractivity contribution in [1.82, 2.24) is 14.9 Å². The minimum Gasteiger partial charge on any atom is -0.334 e. The number of hydrogen-bond acceptors (Lipinski definition) is 3. The molecule has 0 fully saturated rings. The molecule has 1 aromatic carbocycles. The van der Waals surface area contributed by atoms with Gasteiger partial charge in [0.25, 0.3) is 5.91 Å². The SMILES string of the molecule is O=C(c1cc(C#Cc2ccccn2)cnc1F)N1CCc2ccccc2C1. The highest BCUT2D eigenvalue weighted by Gasteiger charge is 2.24. The maximum absolute atomic E-state index is 14.2. The number of halogens is 1. The summed E-state index contributed by atoms with van der Waals surface area (Å²) in [6.07, 6.45) is 3.74. The van der Waals surface area contributed by atoms with E-state index in [-0.39, 0.29) is 11.5 Å². The summed E-state index contributed by atoms with van der Waals surface area (Å²) in [4.78, 5) is 22.3. The molecule has 0 bridgehead atoms. The molecule has 0 saturated heterocycles. The van der Waals surface area contributed by atoms with Crippen LogP contribution in [0.1, 0.15) is 32.7 Å². The van der Waals surface area contributed by atoms with Gasteiger partial charge in [-0.15, -0.1) is 0 Å². The molecule has 0 unspecified atom stereocenters. The van der Waals surface area contributed by atoms with Crippen LogP contribution in [0.2, 0.25) is 0 Å². The lowest BCUT2D eigenvalue weighted by atomic mass is 9.99. The summed E-state index contributed by atoms with van der Waals surface area (Å²) < 4.78 is 14.2. The third-order valence-corrected chi connectivity index (χ3v) is 4.49. The first-order valence-corrected chi connectivity index (χ1v) is 8.65. The molecular formula is C22H16FN3O. The van der Waals surface area contributed by atoms with Crippen molar-refractivity contribution in [3.8, 4) is 11.8 Å². The number of carbonyl (C=O) groups is 1. The fraction of sp³-hybridized carbons (Fsp3) is 0.136. The summed E-state index contributed by atoms with van der Waals surface area (Å²) in [5.41, 5.74) is 3.35. The van der Waals surface area contributed by atoms with E-state index in [1.54, 1.807) is 23.2 Å². The largest absolute Gasteiger partial charge is 0.334 e.